The Morgan fingerprint density at radius 1 is 1.21 bits per heavy atom. The number of nitrogens with zero attached hydrogens (tertiary/aromatic N) is 5. The zero-order chi connectivity index (χ0) is 19.8. The summed E-state index contributed by atoms with van der Waals surface area (Å²) in [6, 6.07) is 10.3. The maximum absolute atomic E-state index is 4.70. The van der Waals surface area contributed by atoms with Crippen LogP contribution in [0.4, 0.5) is 0 Å². The van der Waals surface area contributed by atoms with Crippen LogP contribution in [0.25, 0.3) is 11.4 Å². The molecule has 3 aromatic rings. The number of hydrogen-bond acceptors (Lipinski definition) is 4. The van der Waals surface area contributed by atoms with Gasteiger partial charge >= 0.3 is 0 Å². The Hall–Kier alpha value is -3.16. The van der Waals surface area contributed by atoms with E-state index < -0.39 is 0 Å². The number of benzene rings is 1. The molecule has 0 radical (unpaired) electrons. The lowest BCUT2D eigenvalue weighted by molar-refractivity contribution is 0.555. The van der Waals surface area contributed by atoms with Gasteiger partial charge in [-0.2, -0.15) is 10.2 Å². The minimum Gasteiger partial charge on any atom is -0.357 e. The fraction of sp³-hybridized carbons (Fsp3) is 0.400. The Kier molecular flexibility index (Phi) is 6.78. The maximum atomic E-state index is 4.70. The van der Waals surface area contributed by atoms with Crippen molar-refractivity contribution in [3.8, 4) is 11.4 Å². The van der Waals surface area contributed by atoms with Crippen LogP contribution in [0.1, 0.15) is 30.3 Å². The molecule has 8 nitrogen and oxygen atoms in total. The Balaban J connectivity index is 1.54. The topological polar surface area (TPSA) is 95.8 Å². The fourth-order valence-electron chi connectivity index (χ4n) is 3.01. The van der Waals surface area contributed by atoms with Gasteiger partial charge in [0.15, 0.2) is 11.8 Å². The first-order valence-electron chi connectivity index (χ1n) is 9.63. The van der Waals surface area contributed by atoms with Crippen molar-refractivity contribution in [2.45, 2.75) is 40.3 Å². The normalized spacial score (nSPS) is 11.6. The third-order valence-electron chi connectivity index (χ3n) is 4.32. The molecule has 0 aliphatic rings. The van der Waals surface area contributed by atoms with Crippen LogP contribution < -0.4 is 10.6 Å². The third-order valence-corrected chi connectivity index (χ3v) is 4.32. The molecule has 1 aromatic carbocycles. The van der Waals surface area contributed by atoms with E-state index in [9.17, 15) is 0 Å². The second-order valence-corrected chi connectivity index (χ2v) is 6.66. The zero-order valence-electron chi connectivity index (χ0n) is 16.7. The lowest BCUT2D eigenvalue weighted by Gasteiger charge is -2.12. The van der Waals surface area contributed by atoms with Gasteiger partial charge in [0.1, 0.15) is 6.33 Å². The van der Waals surface area contributed by atoms with Gasteiger partial charge in [0, 0.05) is 30.9 Å². The van der Waals surface area contributed by atoms with Gasteiger partial charge in [-0.25, -0.2) is 9.98 Å². The lowest BCUT2D eigenvalue weighted by atomic mass is 10.1. The van der Waals surface area contributed by atoms with Crippen molar-refractivity contribution in [1.82, 2.24) is 35.6 Å². The number of guanidine groups is 1. The van der Waals surface area contributed by atoms with Gasteiger partial charge in [0.25, 0.3) is 0 Å². The summed E-state index contributed by atoms with van der Waals surface area (Å²) in [6.45, 7) is 9.32. The summed E-state index contributed by atoms with van der Waals surface area (Å²) in [5.74, 6) is 1.58. The van der Waals surface area contributed by atoms with Gasteiger partial charge < -0.3 is 10.6 Å². The van der Waals surface area contributed by atoms with Crippen molar-refractivity contribution in [3.05, 3.63) is 53.6 Å². The van der Waals surface area contributed by atoms with Gasteiger partial charge in [-0.1, -0.05) is 18.2 Å². The molecule has 28 heavy (non-hydrogen) atoms. The first-order valence-corrected chi connectivity index (χ1v) is 9.63. The monoisotopic (exact) mass is 380 g/mol. The van der Waals surface area contributed by atoms with E-state index in [1.54, 1.807) is 0 Å². The predicted molar refractivity (Wildman–Crippen MR) is 111 cm³/mol. The van der Waals surface area contributed by atoms with Crippen LogP contribution >= 0.6 is 0 Å². The van der Waals surface area contributed by atoms with Crippen molar-refractivity contribution in [3.63, 3.8) is 0 Å². The first kappa shape index (κ1) is 19.6. The highest BCUT2D eigenvalue weighted by molar-refractivity contribution is 5.79. The summed E-state index contributed by atoms with van der Waals surface area (Å²) in [7, 11) is 0. The molecule has 0 spiro atoms. The Labute approximate surface area is 165 Å². The molecule has 0 aliphatic heterocycles. The molecule has 0 unspecified atom stereocenters. The molecule has 0 aliphatic carbocycles. The van der Waals surface area contributed by atoms with E-state index in [4.69, 9.17) is 4.99 Å². The van der Waals surface area contributed by atoms with Crippen LogP contribution in [0, 0.1) is 13.8 Å². The molecule has 0 atom stereocenters. The zero-order valence-corrected chi connectivity index (χ0v) is 16.7. The summed E-state index contributed by atoms with van der Waals surface area (Å²) >= 11 is 0. The molecule has 3 N–H and O–H groups in total. The van der Waals surface area contributed by atoms with Crippen LogP contribution in [-0.4, -0.2) is 44.0 Å². The van der Waals surface area contributed by atoms with E-state index in [0.29, 0.717) is 6.54 Å². The Morgan fingerprint density at radius 2 is 2.11 bits per heavy atom. The minimum atomic E-state index is 0.592. The van der Waals surface area contributed by atoms with Crippen LogP contribution in [0.15, 0.2) is 41.7 Å². The molecule has 0 fully saturated rings. The molecule has 0 bridgehead atoms. The van der Waals surface area contributed by atoms with Gasteiger partial charge in [-0.05, 0) is 44.9 Å². The quantitative estimate of drug-likeness (QED) is 0.317. The fourth-order valence-corrected chi connectivity index (χ4v) is 3.01. The number of hydrogen-bond donors (Lipinski definition) is 3. The molecule has 8 heteroatoms. The molecule has 148 valence electrons. The highest BCUT2D eigenvalue weighted by Gasteiger charge is 2.03. The van der Waals surface area contributed by atoms with E-state index in [1.807, 2.05) is 19.1 Å². The molecule has 0 saturated heterocycles. The molecular weight excluding hydrogens is 352 g/mol. The first-order chi connectivity index (χ1) is 13.7. The number of rotatable bonds is 8. The van der Waals surface area contributed by atoms with E-state index in [-0.39, 0.29) is 0 Å². The van der Waals surface area contributed by atoms with Crippen molar-refractivity contribution in [2.75, 3.05) is 13.1 Å². The van der Waals surface area contributed by atoms with E-state index >= 15 is 0 Å². The number of aryl methyl sites for hydroxylation is 3. The van der Waals surface area contributed by atoms with E-state index in [2.05, 4.69) is 67.6 Å². The van der Waals surface area contributed by atoms with Crippen LogP contribution in [0.5, 0.6) is 0 Å². The highest BCUT2D eigenvalue weighted by atomic mass is 15.3. The van der Waals surface area contributed by atoms with Crippen molar-refractivity contribution in [1.29, 1.82) is 0 Å². The smallest absolute Gasteiger partial charge is 0.191 e. The molecule has 2 aromatic heterocycles. The van der Waals surface area contributed by atoms with E-state index in [0.717, 1.165) is 54.7 Å². The predicted octanol–water partition coefficient (Wildman–Crippen LogP) is 2.43. The molecule has 0 amide bonds. The highest BCUT2D eigenvalue weighted by Crippen LogP contribution is 2.15. The summed E-state index contributed by atoms with van der Waals surface area (Å²) in [5, 5.41) is 18.0. The summed E-state index contributed by atoms with van der Waals surface area (Å²) in [6.07, 6.45) is 2.49. The van der Waals surface area contributed by atoms with E-state index in [1.165, 1.54) is 12.0 Å². The Bertz CT molecular complexity index is 895. The lowest BCUT2D eigenvalue weighted by Crippen LogP contribution is -2.38. The molecule has 3 rings (SSSR count). The molecule has 0 saturated carbocycles. The second kappa shape index (κ2) is 9.68. The molecule has 2 heterocycles. The van der Waals surface area contributed by atoms with Gasteiger partial charge in [0.05, 0.1) is 12.2 Å². The number of aliphatic imine (C=N–C) groups is 1. The standard InChI is InChI=1S/C20H28N8/c1-4-21-20(22-9-6-10-28-16(3)11-15(2)27-28)23-13-17-7-5-8-18(12-17)19-24-14-25-26-19/h5,7-8,11-12,14H,4,6,9-10,13H2,1-3H3,(H2,21,22,23)(H,24,25,26). The third kappa shape index (κ3) is 5.42. The van der Waals surface area contributed by atoms with Crippen molar-refractivity contribution < 1.29 is 0 Å². The Morgan fingerprint density at radius 3 is 2.82 bits per heavy atom. The second-order valence-electron chi connectivity index (χ2n) is 6.66. The number of nitrogens with one attached hydrogen (secondary N) is 3. The minimum absolute atomic E-state index is 0.592. The average molecular weight is 381 g/mol. The number of aromatic amines is 1. The maximum Gasteiger partial charge on any atom is 0.191 e. The number of aromatic nitrogens is 5. The summed E-state index contributed by atoms with van der Waals surface area (Å²) in [4.78, 5) is 8.90. The average Bonchev–Trinajstić information content (AvgIpc) is 3.33. The summed E-state index contributed by atoms with van der Waals surface area (Å²) in [5.41, 5.74) is 4.39. The summed E-state index contributed by atoms with van der Waals surface area (Å²) < 4.78 is 2.05. The van der Waals surface area contributed by atoms with Crippen molar-refractivity contribution in [2.24, 2.45) is 4.99 Å². The van der Waals surface area contributed by atoms with Gasteiger partial charge in [-0.3, -0.25) is 9.78 Å². The SMILES string of the molecule is CCNC(=NCc1cccc(-c2ncn[nH]2)c1)NCCCn1nc(C)cc1C. The van der Waals surface area contributed by atoms with Gasteiger partial charge in [-0.15, -0.1) is 0 Å². The largest absolute Gasteiger partial charge is 0.357 e. The van der Waals surface area contributed by atoms with Crippen LogP contribution in [0.2, 0.25) is 0 Å². The number of H-pyrrole nitrogens is 1. The van der Waals surface area contributed by atoms with Crippen LogP contribution in [-0.2, 0) is 13.1 Å². The van der Waals surface area contributed by atoms with Gasteiger partial charge in [0.2, 0.25) is 0 Å². The molecular formula is C20H28N8. The van der Waals surface area contributed by atoms with Crippen LogP contribution in [0.3, 0.4) is 0 Å². The van der Waals surface area contributed by atoms with Crippen molar-refractivity contribution >= 4 is 5.96 Å².